The number of nitrogens with one attached hydrogen (secondary N) is 2. The quantitative estimate of drug-likeness (QED) is 0.658. The molecule has 3 aromatic carbocycles. The molecule has 0 aliphatic heterocycles. The lowest BCUT2D eigenvalue weighted by atomic mass is 9.98. The number of carbonyl (C=O) groups is 1. The molecule has 3 aromatic rings. The first kappa shape index (κ1) is 18.9. The second-order valence-corrected chi connectivity index (χ2v) is 6.85. The highest BCUT2D eigenvalue weighted by Crippen LogP contribution is 2.22. The van der Waals surface area contributed by atoms with E-state index in [-0.39, 0.29) is 18.0 Å². The van der Waals surface area contributed by atoms with Crippen LogP contribution >= 0.6 is 0 Å². The highest BCUT2D eigenvalue weighted by atomic mass is 16.2. The maximum atomic E-state index is 12.6. The Labute approximate surface area is 161 Å². The summed E-state index contributed by atoms with van der Waals surface area (Å²) in [7, 11) is 0. The number of aryl methyl sites for hydroxylation is 1. The van der Waals surface area contributed by atoms with Crippen molar-refractivity contribution >= 4 is 5.91 Å². The molecule has 3 heteroatoms. The fourth-order valence-corrected chi connectivity index (χ4v) is 3.05. The molecular formula is C24H26N2O. The minimum absolute atomic E-state index is 0.00700. The van der Waals surface area contributed by atoms with Gasteiger partial charge in [0.05, 0.1) is 12.1 Å². The molecule has 0 heterocycles. The lowest BCUT2D eigenvalue weighted by Crippen LogP contribution is -2.43. The maximum Gasteiger partial charge on any atom is 0.237 e. The van der Waals surface area contributed by atoms with Gasteiger partial charge in [-0.05, 0) is 30.5 Å². The molecule has 0 saturated heterocycles. The van der Waals surface area contributed by atoms with Crippen molar-refractivity contribution in [3.8, 4) is 0 Å². The summed E-state index contributed by atoms with van der Waals surface area (Å²) in [6.45, 7) is 4.50. The van der Waals surface area contributed by atoms with Gasteiger partial charge in [0.1, 0.15) is 0 Å². The van der Waals surface area contributed by atoms with Gasteiger partial charge in [0.15, 0.2) is 0 Å². The Morgan fingerprint density at radius 1 is 0.815 bits per heavy atom. The minimum Gasteiger partial charge on any atom is -0.351 e. The smallest absolute Gasteiger partial charge is 0.237 e. The van der Waals surface area contributed by atoms with Crippen LogP contribution in [0.3, 0.4) is 0 Å². The first-order chi connectivity index (χ1) is 13.1. The van der Waals surface area contributed by atoms with Gasteiger partial charge < -0.3 is 5.32 Å². The normalized spacial score (nSPS) is 12.0. The van der Waals surface area contributed by atoms with Crippen LogP contribution in [0, 0.1) is 6.92 Å². The van der Waals surface area contributed by atoms with Crippen LogP contribution in [0.5, 0.6) is 0 Å². The largest absolute Gasteiger partial charge is 0.351 e. The summed E-state index contributed by atoms with van der Waals surface area (Å²) in [5.41, 5.74) is 4.60. The van der Waals surface area contributed by atoms with Gasteiger partial charge in [-0.3, -0.25) is 10.1 Å². The summed E-state index contributed by atoms with van der Waals surface area (Å²) < 4.78 is 0. The van der Waals surface area contributed by atoms with Crippen molar-refractivity contribution in [1.82, 2.24) is 10.6 Å². The van der Waals surface area contributed by atoms with Gasteiger partial charge in [0.2, 0.25) is 5.91 Å². The summed E-state index contributed by atoms with van der Waals surface area (Å²) in [5, 5.41) is 6.51. The number of benzene rings is 3. The fourth-order valence-electron chi connectivity index (χ4n) is 3.05. The molecule has 0 unspecified atom stereocenters. The molecule has 0 aliphatic rings. The summed E-state index contributed by atoms with van der Waals surface area (Å²) in [4.78, 5) is 12.6. The molecule has 0 bridgehead atoms. The fraction of sp³-hybridized carbons (Fsp3) is 0.208. The van der Waals surface area contributed by atoms with Crippen LogP contribution in [-0.2, 0) is 11.3 Å². The second-order valence-electron chi connectivity index (χ2n) is 6.85. The lowest BCUT2D eigenvalue weighted by molar-refractivity contribution is -0.123. The topological polar surface area (TPSA) is 41.1 Å². The molecular weight excluding hydrogens is 332 g/mol. The van der Waals surface area contributed by atoms with Crippen molar-refractivity contribution in [3.63, 3.8) is 0 Å². The van der Waals surface area contributed by atoms with Gasteiger partial charge in [-0.1, -0.05) is 90.5 Å². The van der Waals surface area contributed by atoms with E-state index in [2.05, 4.69) is 54.0 Å². The van der Waals surface area contributed by atoms with Gasteiger partial charge in [-0.25, -0.2) is 0 Å². The highest BCUT2D eigenvalue weighted by molar-refractivity contribution is 5.81. The SMILES string of the molecule is Cc1ccc(CNC(=O)[C@@H](C)NC(c2ccccc2)c2ccccc2)cc1. The zero-order valence-corrected chi connectivity index (χ0v) is 15.9. The van der Waals surface area contributed by atoms with Crippen molar-refractivity contribution in [2.24, 2.45) is 0 Å². The number of rotatable bonds is 7. The lowest BCUT2D eigenvalue weighted by Gasteiger charge is -2.24. The molecule has 138 valence electrons. The number of hydrogen-bond donors (Lipinski definition) is 2. The summed E-state index contributed by atoms with van der Waals surface area (Å²) in [6, 6.07) is 28.3. The average Bonchev–Trinajstić information content (AvgIpc) is 2.72. The van der Waals surface area contributed by atoms with Crippen LogP contribution in [0.15, 0.2) is 84.9 Å². The summed E-state index contributed by atoms with van der Waals surface area (Å²) in [6.07, 6.45) is 0. The summed E-state index contributed by atoms with van der Waals surface area (Å²) >= 11 is 0. The van der Waals surface area contributed by atoms with Gasteiger partial charge in [0, 0.05) is 6.54 Å². The van der Waals surface area contributed by atoms with Crippen molar-refractivity contribution in [2.45, 2.75) is 32.5 Å². The number of carbonyl (C=O) groups excluding carboxylic acids is 1. The van der Waals surface area contributed by atoms with E-state index in [0.29, 0.717) is 6.54 Å². The van der Waals surface area contributed by atoms with Crippen molar-refractivity contribution < 1.29 is 4.79 Å². The van der Waals surface area contributed by atoms with E-state index >= 15 is 0 Å². The predicted molar refractivity (Wildman–Crippen MR) is 110 cm³/mol. The Morgan fingerprint density at radius 3 is 1.85 bits per heavy atom. The molecule has 3 nitrogen and oxygen atoms in total. The van der Waals surface area contributed by atoms with Crippen LogP contribution in [0.2, 0.25) is 0 Å². The van der Waals surface area contributed by atoms with Gasteiger partial charge in [-0.15, -0.1) is 0 Å². The summed E-state index contributed by atoms with van der Waals surface area (Å²) in [5.74, 6) is -0.00700. The van der Waals surface area contributed by atoms with Gasteiger partial charge in [0.25, 0.3) is 0 Å². The van der Waals surface area contributed by atoms with Crippen molar-refractivity contribution in [2.75, 3.05) is 0 Å². The van der Waals surface area contributed by atoms with Crippen molar-refractivity contribution in [1.29, 1.82) is 0 Å². The molecule has 0 aromatic heterocycles. The number of hydrogen-bond acceptors (Lipinski definition) is 2. The van der Waals surface area contributed by atoms with E-state index in [9.17, 15) is 4.79 Å². The van der Waals surface area contributed by atoms with E-state index in [1.54, 1.807) is 0 Å². The van der Waals surface area contributed by atoms with E-state index in [4.69, 9.17) is 0 Å². The molecule has 0 radical (unpaired) electrons. The Hall–Kier alpha value is -2.91. The average molecular weight is 358 g/mol. The standard InChI is InChI=1S/C24H26N2O/c1-18-13-15-20(16-14-18)17-25-24(27)19(2)26-23(21-9-5-3-6-10-21)22-11-7-4-8-12-22/h3-16,19,23,26H,17H2,1-2H3,(H,25,27)/t19-/m1/s1. The zero-order chi connectivity index (χ0) is 19.1. The van der Waals surface area contributed by atoms with E-state index in [1.165, 1.54) is 5.56 Å². The molecule has 0 spiro atoms. The van der Waals surface area contributed by atoms with Crippen molar-refractivity contribution in [3.05, 3.63) is 107 Å². The molecule has 2 N–H and O–H groups in total. The molecule has 1 amide bonds. The second kappa shape index (κ2) is 9.15. The minimum atomic E-state index is -0.319. The Morgan fingerprint density at radius 2 is 1.33 bits per heavy atom. The third-order valence-electron chi connectivity index (χ3n) is 4.66. The Bertz CT molecular complexity index is 805. The van der Waals surface area contributed by atoms with E-state index in [1.807, 2.05) is 55.5 Å². The van der Waals surface area contributed by atoms with E-state index in [0.717, 1.165) is 16.7 Å². The molecule has 27 heavy (non-hydrogen) atoms. The van der Waals surface area contributed by atoms with Gasteiger partial charge >= 0.3 is 0 Å². The molecule has 0 fully saturated rings. The highest BCUT2D eigenvalue weighted by Gasteiger charge is 2.20. The predicted octanol–water partition coefficient (Wildman–Crippen LogP) is 4.38. The maximum absolute atomic E-state index is 12.6. The van der Waals surface area contributed by atoms with Crippen LogP contribution in [0.4, 0.5) is 0 Å². The first-order valence-corrected chi connectivity index (χ1v) is 9.32. The molecule has 0 aliphatic carbocycles. The van der Waals surface area contributed by atoms with Crippen LogP contribution in [-0.4, -0.2) is 11.9 Å². The zero-order valence-electron chi connectivity index (χ0n) is 15.9. The first-order valence-electron chi connectivity index (χ1n) is 9.32. The van der Waals surface area contributed by atoms with E-state index < -0.39 is 0 Å². The monoisotopic (exact) mass is 358 g/mol. The Kier molecular flexibility index (Phi) is 6.39. The molecule has 3 rings (SSSR count). The molecule has 1 atom stereocenters. The Balaban J connectivity index is 1.67. The third-order valence-corrected chi connectivity index (χ3v) is 4.66. The van der Waals surface area contributed by atoms with Gasteiger partial charge in [-0.2, -0.15) is 0 Å². The van der Waals surface area contributed by atoms with Crippen LogP contribution in [0.25, 0.3) is 0 Å². The molecule has 0 saturated carbocycles. The van der Waals surface area contributed by atoms with Crippen LogP contribution < -0.4 is 10.6 Å². The third kappa shape index (κ3) is 5.28. The number of amides is 1. The van der Waals surface area contributed by atoms with Crippen LogP contribution in [0.1, 0.15) is 35.2 Å².